The first-order valence-electron chi connectivity index (χ1n) is 9.22. The van der Waals surface area contributed by atoms with Gasteiger partial charge in [0.2, 0.25) is 5.91 Å². The molecular formula is C22H24FNO. The quantitative estimate of drug-likeness (QED) is 0.778. The Kier molecular flexibility index (Phi) is 4.32. The third-order valence-electron chi connectivity index (χ3n) is 5.81. The van der Waals surface area contributed by atoms with E-state index in [-0.39, 0.29) is 17.8 Å². The van der Waals surface area contributed by atoms with E-state index in [1.807, 2.05) is 18.2 Å². The van der Waals surface area contributed by atoms with Crippen LogP contribution in [0, 0.1) is 17.7 Å². The SMILES string of the molecule is CC1CC(c2ccccc2)N(C(=O)C2CC(c3ccc(F)cc3)C2)C1. The number of amides is 1. The van der Waals surface area contributed by atoms with E-state index < -0.39 is 0 Å². The first-order chi connectivity index (χ1) is 12.1. The molecule has 25 heavy (non-hydrogen) atoms. The van der Waals surface area contributed by atoms with Crippen LogP contribution in [-0.4, -0.2) is 17.4 Å². The maximum Gasteiger partial charge on any atom is 0.226 e. The minimum Gasteiger partial charge on any atom is -0.335 e. The van der Waals surface area contributed by atoms with Gasteiger partial charge in [-0.15, -0.1) is 0 Å². The minimum atomic E-state index is -0.201. The molecule has 3 heteroatoms. The average molecular weight is 337 g/mol. The third-order valence-corrected chi connectivity index (χ3v) is 5.81. The lowest BCUT2D eigenvalue weighted by Gasteiger charge is -2.38. The van der Waals surface area contributed by atoms with Crippen molar-refractivity contribution in [2.45, 2.75) is 38.1 Å². The van der Waals surface area contributed by atoms with Gasteiger partial charge in [0.1, 0.15) is 5.82 Å². The molecule has 0 radical (unpaired) electrons. The van der Waals surface area contributed by atoms with Crippen molar-refractivity contribution in [1.29, 1.82) is 0 Å². The molecule has 2 unspecified atom stereocenters. The van der Waals surface area contributed by atoms with Crippen LogP contribution in [0.15, 0.2) is 54.6 Å². The lowest BCUT2D eigenvalue weighted by molar-refractivity contribution is -0.139. The van der Waals surface area contributed by atoms with Crippen molar-refractivity contribution in [3.8, 4) is 0 Å². The van der Waals surface area contributed by atoms with Crippen LogP contribution in [0.1, 0.15) is 49.3 Å². The van der Waals surface area contributed by atoms with Crippen molar-refractivity contribution >= 4 is 5.91 Å². The van der Waals surface area contributed by atoms with Gasteiger partial charge >= 0.3 is 0 Å². The monoisotopic (exact) mass is 337 g/mol. The van der Waals surface area contributed by atoms with Crippen LogP contribution >= 0.6 is 0 Å². The van der Waals surface area contributed by atoms with Crippen molar-refractivity contribution in [2.24, 2.45) is 11.8 Å². The largest absolute Gasteiger partial charge is 0.335 e. The molecule has 2 fully saturated rings. The Labute approximate surface area is 148 Å². The smallest absolute Gasteiger partial charge is 0.226 e. The van der Waals surface area contributed by atoms with E-state index in [4.69, 9.17) is 0 Å². The second-order valence-corrected chi connectivity index (χ2v) is 7.67. The summed E-state index contributed by atoms with van der Waals surface area (Å²) in [6.07, 6.45) is 2.82. The van der Waals surface area contributed by atoms with Gasteiger partial charge in [0.05, 0.1) is 6.04 Å². The molecule has 0 spiro atoms. The highest BCUT2D eigenvalue weighted by atomic mass is 19.1. The molecule has 2 nitrogen and oxygen atoms in total. The van der Waals surface area contributed by atoms with Crippen LogP contribution in [0.4, 0.5) is 4.39 Å². The lowest BCUT2D eigenvalue weighted by Crippen LogP contribution is -2.41. The Hall–Kier alpha value is -2.16. The fourth-order valence-corrected chi connectivity index (χ4v) is 4.34. The Bertz CT molecular complexity index is 736. The molecule has 1 aliphatic heterocycles. The van der Waals surface area contributed by atoms with E-state index in [1.54, 1.807) is 0 Å². The van der Waals surface area contributed by atoms with Crippen LogP contribution in [-0.2, 0) is 4.79 Å². The highest BCUT2D eigenvalue weighted by Crippen LogP contribution is 2.45. The van der Waals surface area contributed by atoms with Crippen LogP contribution < -0.4 is 0 Å². The molecule has 2 aliphatic rings. The molecule has 1 saturated carbocycles. The molecule has 1 heterocycles. The number of carbonyl (C=O) groups is 1. The van der Waals surface area contributed by atoms with Crippen LogP contribution in [0.25, 0.3) is 0 Å². The summed E-state index contributed by atoms with van der Waals surface area (Å²) in [5.74, 6) is 1.16. The van der Waals surface area contributed by atoms with Gasteiger partial charge in [-0.05, 0) is 54.4 Å². The summed E-state index contributed by atoms with van der Waals surface area (Å²) in [6, 6.07) is 17.3. The number of hydrogen-bond acceptors (Lipinski definition) is 1. The second kappa shape index (κ2) is 6.62. The average Bonchev–Trinajstić information content (AvgIpc) is 2.98. The topological polar surface area (TPSA) is 20.3 Å². The van der Waals surface area contributed by atoms with Gasteiger partial charge in [-0.25, -0.2) is 4.39 Å². The molecule has 130 valence electrons. The molecule has 4 rings (SSSR count). The van der Waals surface area contributed by atoms with Crippen molar-refractivity contribution in [3.05, 3.63) is 71.5 Å². The summed E-state index contributed by atoms with van der Waals surface area (Å²) in [5, 5.41) is 0. The fraction of sp³-hybridized carbons (Fsp3) is 0.409. The summed E-state index contributed by atoms with van der Waals surface area (Å²) < 4.78 is 13.1. The zero-order valence-electron chi connectivity index (χ0n) is 14.6. The normalized spacial score (nSPS) is 28.6. The van der Waals surface area contributed by atoms with E-state index in [9.17, 15) is 9.18 Å². The maximum atomic E-state index is 13.1. The number of benzene rings is 2. The summed E-state index contributed by atoms with van der Waals surface area (Å²) in [5.41, 5.74) is 2.40. The standard InChI is InChI=1S/C22H24FNO/c1-15-11-21(17-5-3-2-4-6-17)24(14-15)22(25)19-12-18(13-19)16-7-9-20(23)10-8-16/h2-10,15,18-19,21H,11-14H2,1H3. The molecule has 2 atom stereocenters. The molecule has 1 saturated heterocycles. The van der Waals surface area contributed by atoms with Crippen molar-refractivity contribution < 1.29 is 9.18 Å². The van der Waals surface area contributed by atoms with Gasteiger partial charge in [0.15, 0.2) is 0 Å². The van der Waals surface area contributed by atoms with E-state index in [0.29, 0.717) is 17.7 Å². The third kappa shape index (κ3) is 3.20. The van der Waals surface area contributed by atoms with Crippen LogP contribution in [0.3, 0.4) is 0 Å². The van der Waals surface area contributed by atoms with Gasteiger partial charge in [0, 0.05) is 12.5 Å². The summed E-state index contributed by atoms with van der Waals surface area (Å²) >= 11 is 0. The van der Waals surface area contributed by atoms with Crippen LogP contribution in [0.5, 0.6) is 0 Å². The molecule has 0 N–H and O–H groups in total. The highest BCUT2D eigenvalue weighted by molar-refractivity contribution is 5.81. The Balaban J connectivity index is 1.43. The predicted molar refractivity (Wildman–Crippen MR) is 96.5 cm³/mol. The number of likely N-dealkylation sites (tertiary alicyclic amines) is 1. The highest BCUT2D eigenvalue weighted by Gasteiger charge is 2.42. The van der Waals surface area contributed by atoms with Crippen molar-refractivity contribution in [3.63, 3.8) is 0 Å². The molecule has 1 aliphatic carbocycles. The van der Waals surface area contributed by atoms with Crippen molar-refractivity contribution in [1.82, 2.24) is 4.90 Å². The Morgan fingerprint density at radius 2 is 1.64 bits per heavy atom. The summed E-state index contributed by atoms with van der Waals surface area (Å²) in [6.45, 7) is 3.08. The number of rotatable bonds is 3. The molecule has 1 amide bonds. The van der Waals surface area contributed by atoms with E-state index in [1.165, 1.54) is 17.7 Å². The van der Waals surface area contributed by atoms with E-state index >= 15 is 0 Å². The van der Waals surface area contributed by atoms with E-state index in [2.05, 4.69) is 36.1 Å². The minimum absolute atomic E-state index is 0.117. The number of hydrogen-bond donors (Lipinski definition) is 0. The molecule has 2 aromatic rings. The first-order valence-corrected chi connectivity index (χ1v) is 9.22. The Morgan fingerprint density at radius 3 is 2.32 bits per heavy atom. The first kappa shape index (κ1) is 16.3. The lowest BCUT2D eigenvalue weighted by atomic mass is 9.70. The van der Waals surface area contributed by atoms with Crippen molar-refractivity contribution in [2.75, 3.05) is 6.54 Å². The van der Waals surface area contributed by atoms with Gasteiger partial charge in [0.25, 0.3) is 0 Å². The zero-order valence-corrected chi connectivity index (χ0v) is 14.6. The number of nitrogens with zero attached hydrogens (tertiary/aromatic N) is 1. The van der Waals surface area contributed by atoms with Crippen LogP contribution in [0.2, 0.25) is 0 Å². The molecular weight excluding hydrogens is 313 g/mol. The second-order valence-electron chi connectivity index (χ2n) is 7.67. The molecule has 2 aromatic carbocycles. The number of halogens is 1. The van der Waals surface area contributed by atoms with Gasteiger partial charge in [-0.2, -0.15) is 0 Å². The molecule has 0 bridgehead atoms. The fourth-order valence-electron chi connectivity index (χ4n) is 4.34. The molecule has 0 aromatic heterocycles. The number of carbonyl (C=O) groups excluding carboxylic acids is 1. The predicted octanol–water partition coefficient (Wildman–Crippen LogP) is 4.93. The maximum absolute atomic E-state index is 13.1. The van der Waals surface area contributed by atoms with Gasteiger partial charge in [-0.3, -0.25) is 4.79 Å². The van der Waals surface area contributed by atoms with Gasteiger partial charge < -0.3 is 4.90 Å². The Morgan fingerprint density at radius 1 is 0.960 bits per heavy atom. The zero-order chi connectivity index (χ0) is 17.4. The van der Waals surface area contributed by atoms with E-state index in [0.717, 1.165) is 31.4 Å². The summed E-state index contributed by atoms with van der Waals surface area (Å²) in [7, 11) is 0. The summed E-state index contributed by atoms with van der Waals surface area (Å²) in [4.78, 5) is 15.2. The van der Waals surface area contributed by atoms with Gasteiger partial charge in [-0.1, -0.05) is 49.4 Å².